The van der Waals surface area contributed by atoms with Gasteiger partial charge in [0.2, 0.25) is 0 Å². The number of ether oxygens (including phenoxy) is 6. The molecule has 7 N–H and O–H groups in total. The summed E-state index contributed by atoms with van der Waals surface area (Å²) in [5.74, 6) is -0.926. The van der Waals surface area contributed by atoms with Gasteiger partial charge in [0, 0.05) is 12.8 Å². The van der Waals surface area contributed by atoms with Gasteiger partial charge in [0.1, 0.15) is 55.4 Å². The predicted octanol–water partition coefficient (Wildman–Crippen LogP) is 7.55. The lowest BCUT2D eigenvalue weighted by atomic mass is 9.98. The maximum Gasteiger partial charge on any atom is 0.306 e. The fraction of sp³-hybridized carbons (Fsp3) is 0.885. The van der Waals surface area contributed by atoms with Crippen LogP contribution in [0.1, 0.15) is 200 Å². The zero-order valence-electron chi connectivity index (χ0n) is 41.4. The molecule has 11 atom stereocenters. The molecule has 67 heavy (non-hydrogen) atoms. The minimum absolute atomic E-state index is 0.168. The van der Waals surface area contributed by atoms with E-state index in [-0.39, 0.29) is 26.1 Å². The Bertz CT molecular complexity index is 1270. The average Bonchev–Trinajstić information content (AvgIpc) is 3.32. The van der Waals surface area contributed by atoms with E-state index in [1.54, 1.807) is 0 Å². The summed E-state index contributed by atoms with van der Waals surface area (Å²) in [5.41, 5.74) is 0. The number of carbonyl (C=O) groups is 2. The van der Waals surface area contributed by atoms with Crippen LogP contribution in [0.25, 0.3) is 0 Å². The van der Waals surface area contributed by atoms with Crippen LogP contribution in [0.3, 0.4) is 0 Å². The molecule has 2 aliphatic rings. The topological polar surface area (TPSA) is 231 Å². The Kier molecular flexibility index (Phi) is 36.2. The number of rotatable bonds is 41. The Morgan fingerprint density at radius 2 is 0.896 bits per heavy atom. The lowest BCUT2D eigenvalue weighted by Crippen LogP contribution is -2.61. The predicted molar refractivity (Wildman–Crippen MR) is 257 cm³/mol. The van der Waals surface area contributed by atoms with Crippen molar-refractivity contribution in [1.29, 1.82) is 0 Å². The minimum Gasteiger partial charge on any atom is -0.462 e. The molecule has 0 spiro atoms. The fourth-order valence-corrected chi connectivity index (χ4v) is 8.31. The van der Waals surface area contributed by atoms with Crippen LogP contribution in [0.2, 0.25) is 0 Å². The molecular weight excluding hydrogens is 865 g/mol. The van der Waals surface area contributed by atoms with Gasteiger partial charge in [-0.25, -0.2) is 0 Å². The lowest BCUT2D eigenvalue weighted by molar-refractivity contribution is -0.332. The summed E-state index contributed by atoms with van der Waals surface area (Å²) in [6.07, 6.45) is 23.4. The maximum absolute atomic E-state index is 13.0. The molecule has 0 bridgehead atoms. The summed E-state index contributed by atoms with van der Waals surface area (Å²) in [4.78, 5) is 25.8. The van der Waals surface area contributed by atoms with Gasteiger partial charge in [-0.3, -0.25) is 9.59 Å². The van der Waals surface area contributed by atoms with Crippen molar-refractivity contribution in [2.75, 3.05) is 26.4 Å². The van der Waals surface area contributed by atoms with Crippen molar-refractivity contribution in [3.05, 3.63) is 24.3 Å². The number of allylic oxidation sites excluding steroid dienone is 4. The third-order valence-corrected chi connectivity index (χ3v) is 12.7. The Labute approximate surface area is 403 Å². The molecule has 0 radical (unpaired) electrons. The van der Waals surface area contributed by atoms with Crippen LogP contribution in [-0.4, -0.2) is 142 Å². The van der Waals surface area contributed by atoms with Gasteiger partial charge in [-0.15, -0.1) is 0 Å². The molecule has 2 fully saturated rings. The molecule has 0 saturated carbocycles. The van der Waals surface area contributed by atoms with Gasteiger partial charge in [-0.05, 0) is 44.9 Å². The van der Waals surface area contributed by atoms with Crippen LogP contribution in [0.4, 0.5) is 0 Å². The van der Waals surface area contributed by atoms with E-state index in [2.05, 4.69) is 38.2 Å². The van der Waals surface area contributed by atoms with Crippen molar-refractivity contribution in [1.82, 2.24) is 0 Å². The Morgan fingerprint density at radius 1 is 0.478 bits per heavy atom. The molecule has 2 heterocycles. The van der Waals surface area contributed by atoms with E-state index in [4.69, 9.17) is 28.4 Å². The van der Waals surface area contributed by atoms with E-state index in [1.165, 1.54) is 103 Å². The highest BCUT2D eigenvalue weighted by Crippen LogP contribution is 2.26. The molecule has 0 aromatic heterocycles. The van der Waals surface area contributed by atoms with Crippen LogP contribution in [0, 0.1) is 0 Å². The van der Waals surface area contributed by atoms with Crippen molar-refractivity contribution < 1.29 is 73.8 Å². The molecule has 2 saturated heterocycles. The van der Waals surface area contributed by atoms with Crippen LogP contribution in [-0.2, 0) is 38.0 Å². The molecule has 0 aromatic carbocycles. The van der Waals surface area contributed by atoms with Gasteiger partial charge in [-0.1, -0.05) is 167 Å². The molecule has 0 amide bonds. The molecule has 0 aliphatic carbocycles. The highest BCUT2D eigenvalue weighted by Gasteiger charge is 2.47. The van der Waals surface area contributed by atoms with Crippen molar-refractivity contribution in [2.45, 2.75) is 268 Å². The second kappa shape index (κ2) is 39.7. The SMILES string of the molecule is CCCCC/C=C/C/C=C/CCCCCCCCCC(=O)OC[C@@H](CO[C@@H]1O[C@H](CO[C@@H]2O[C@H](CO)[C@H](O)C(O)C2O)[C@H](O)C(O)C1O)OC(=O)CCCCCCCCCCCCCCCC. The van der Waals surface area contributed by atoms with Crippen LogP contribution in [0.15, 0.2) is 24.3 Å². The third-order valence-electron chi connectivity index (χ3n) is 12.7. The first-order valence-corrected chi connectivity index (χ1v) is 26.4. The van der Waals surface area contributed by atoms with E-state index >= 15 is 0 Å². The maximum atomic E-state index is 13.0. The molecule has 15 heteroatoms. The van der Waals surface area contributed by atoms with Crippen molar-refractivity contribution in [3.8, 4) is 0 Å². The summed E-state index contributed by atoms with van der Waals surface area (Å²) in [5, 5.41) is 72.1. The number of aliphatic hydroxyl groups is 7. The van der Waals surface area contributed by atoms with E-state index in [0.717, 1.165) is 57.8 Å². The van der Waals surface area contributed by atoms with Crippen molar-refractivity contribution >= 4 is 11.9 Å². The smallest absolute Gasteiger partial charge is 0.306 e. The van der Waals surface area contributed by atoms with Gasteiger partial charge in [-0.2, -0.15) is 0 Å². The monoisotopic (exact) mass is 959 g/mol. The highest BCUT2D eigenvalue weighted by molar-refractivity contribution is 5.70. The first-order valence-electron chi connectivity index (χ1n) is 26.4. The molecule has 0 aromatic rings. The van der Waals surface area contributed by atoms with Crippen LogP contribution < -0.4 is 0 Å². The average molecular weight is 959 g/mol. The third kappa shape index (κ3) is 27.8. The van der Waals surface area contributed by atoms with Crippen molar-refractivity contribution in [2.24, 2.45) is 0 Å². The summed E-state index contributed by atoms with van der Waals surface area (Å²) < 4.78 is 33.6. The van der Waals surface area contributed by atoms with E-state index in [9.17, 15) is 45.3 Å². The fourth-order valence-electron chi connectivity index (χ4n) is 8.31. The first-order chi connectivity index (χ1) is 32.5. The van der Waals surface area contributed by atoms with Gasteiger partial charge in [0.05, 0.1) is 19.8 Å². The standard InChI is InChI=1S/C52H94O15/c1-3-5-7-9-11-13-15-17-19-20-21-23-24-26-28-30-32-34-43(54)62-37-40(65-44(55)35-33-31-29-27-25-22-18-16-14-12-10-8-6-4-2)38-63-51-50(61)48(59)46(57)42(67-51)39-64-52-49(60)47(58)45(56)41(36-53)66-52/h11,13,17,19,40-42,45-53,56-61H,3-10,12,14-16,18,20-39H2,1-2H3/b13-11+,19-17+/t40-,41+,42+,45-,46-,47?,48?,49?,50?,51+,52+/m0/s1. The van der Waals surface area contributed by atoms with Crippen LogP contribution in [0.5, 0.6) is 0 Å². The molecule has 15 nitrogen and oxygen atoms in total. The number of hydrogen-bond acceptors (Lipinski definition) is 15. The van der Waals surface area contributed by atoms with Gasteiger partial charge in [0.25, 0.3) is 0 Å². The van der Waals surface area contributed by atoms with E-state index in [1.807, 2.05) is 0 Å². The number of aliphatic hydroxyl groups excluding tert-OH is 7. The van der Waals surface area contributed by atoms with E-state index in [0.29, 0.717) is 12.8 Å². The normalized spacial score (nSPS) is 26.1. The van der Waals surface area contributed by atoms with Crippen LogP contribution >= 0.6 is 0 Å². The Hall–Kier alpha value is -2.02. The molecular formula is C52H94O15. The lowest BCUT2D eigenvalue weighted by Gasteiger charge is -2.42. The molecule has 392 valence electrons. The van der Waals surface area contributed by atoms with E-state index < -0.39 is 92.7 Å². The zero-order chi connectivity index (χ0) is 48.9. The zero-order valence-corrected chi connectivity index (χ0v) is 41.4. The summed E-state index contributed by atoms with van der Waals surface area (Å²) >= 11 is 0. The quantitative estimate of drug-likeness (QED) is 0.0178. The summed E-state index contributed by atoms with van der Waals surface area (Å²) in [6, 6.07) is 0. The second-order valence-electron chi connectivity index (χ2n) is 18.7. The first kappa shape index (κ1) is 61.1. The largest absolute Gasteiger partial charge is 0.462 e. The highest BCUT2D eigenvalue weighted by atomic mass is 16.7. The van der Waals surface area contributed by atoms with Gasteiger partial charge >= 0.3 is 11.9 Å². The minimum atomic E-state index is -1.76. The van der Waals surface area contributed by atoms with Crippen molar-refractivity contribution in [3.63, 3.8) is 0 Å². The summed E-state index contributed by atoms with van der Waals surface area (Å²) in [6.45, 7) is 2.57. The number of unbranched alkanes of at least 4 members (excludes halogenated alkanes) is 23. The Morgan fingerprint density at radius 3 is 1.42 bits per heavy atom. The Balaban J connectivity index is 1.80. The number of esters is 2. The molecule has 2 rings (SSSR count). The number of hydrogen-bond donors (Lipinski definition) is 7. The molecule has 2 aliphatic heterocycles. The summed E-state index contributed by atoms with van der Waals surface area (Å²) in [7, 11) is 0. The number of carbonyl (C=O) groups excluding carboxylic acids is 2. The van der Waals surface area contributed by atoms with Gasteiger partial charge < -0.3 is 64.2 Å². The van der Waals surface area contributed by atoms with Gasteiger partial charge in [0.15, 0.2) is 18.7 Å². The molecule has 4 unspecified atom stereocenters. The second-order valence-corrected chi connectivity index (χ2v) is 18.7.